The van der Waals surface area contributed by atoms with Crippen molar-refractivity contribution in [3.63, 3.8) is 0 Å². The Balaban J connectivity index is 2.28. The maximum Gasteiger partial charge on any atom is 0.405 e. The lowest BCUT2D eigenvalue weighted by Gasteiger charge is -2.16. The number of carboxylic acid groups (broad SMARTS) is 1. The molecule has 0 bridgehead atoms. The van der Waals surface area contributed by atoms with Gasteiger partial charge >= 0.3 is 6.09 Å². The number of rotatable bonds is 8. The lowest BCUT2D eigenvalue weighted by Crippen LogP contribution is -2.51. The minimum Gasteiger partial charge on any atom is -0.465 e. The summed E-state index contributed by atoms with van der Waals surface area (Å²) in [4.78, 5) is 32.7. The Kier molecular flexibility index (Phi) is 5.37. The molecule has 0 aromatic rings. The summed E-state index contributed by atoms with van der Waals surface area (Å²) in [5.41, 5.74) is 9.81. The van der Waals surface area contributed by atoms with Gasteiger partial charge in [0.1, 0.15) is 6.04 Å². The monoisotopic (exact) mass is 258 g/mol. The fourth-order valence-corrected chi connectivity index (χ4v) is 1.49. The average Bonchev–Trinajstić information content (AvgIpc) is 3.06. The zero-order valence-electron chi connectivity index (χ0n) is 9.94. The fraction of sp³-hybridized carbons (Fsp3) is 0.700. The third-order valence-corrected chi connectivity index (χ3v) is 2.59. The molecule has 1 unspecified atom stereocenters. The summed E-state index contributed by atoms with van der Waals surface area (Å²) in [6, 6.07) is -0.768. The normalized spacial score (nSPS) is 15.8. The molecule has 0 aromatic carbocycles. The van der Waals surface area contributed by atoms with E-state index in [0.717, 1.165) is 12.8 Å². The van der Waals surface area contributed by atoms with Crippen LogP contribution >= 0.6 is 0 Å². The SMILES string of the molecule is NC(=O)CCNNC(=O)C(CC1CC1)NC(=O)O. The maximum atomic E-state index is 11.7. The molecule has 1 fully saturated rings. The molecule has 8 nitrogen and oxygen atoms in total. The van der Waals surface area contributed by atoms with Crippen LogP contribution in [0.25, 0.3) is 0 Å². The number of carbonyl (C=O) groups is 3. The third kappa shape index (κ3) is 6.04. The minimum absolute atomic E-state index is 0.0972. The van der Waals surface area contributed by atoms with Crippen molar-refractivity contribution in [3.05, 3.63) is 0 Å². The molecule has 0 aliphatic heterocycles. The highest BCUT2D eigenvalue weighted by Crippen LogP contribution is 2.33. The molecule has 0 spiro atoms. The summed E-state index contributed by atoms with van der Waals surface area (Å²) in [7, 11) is 0. The summed E-state index contributed by atoms with van der Waals surface area (Å²) in [6.45, 7) is 0.213. The van der Waals surface area contributed by atoms with Gasteiger partial charge in [-0.3, -0.25) is 15.0 Å². The summed E-state index contributed by atoms with van der Waals surface area (Å²) in [5, 5.41) is 10.8. The lowest BCUT2D eigenvalue weighted by atomic mass is 10.1. The first kappa shape index (κ1) is 14.2. The molecule has 0 aromatic heterocycles. The molecular formula is C10H18N4O4. The molecule has 0 saturated heterocycles. The van der Waals surface area contributed by atoms with Crippen molar-refractivity contribution >= 4 is 17.9 Å². The van der Waals surface area contributed by atoms with E-state index in [9.17, 15) is 14.4 Å². The number of hydrogen-bond donors (Lipinski definition) is 5. The number of nitrogens with one attached hydrogen (secondary N) is 3. The molecule has 6 N–H and O–H groups in total. The fourth-order valence-electron chi connectivity index (χ4n) is 1.49. The molecule has 102 valence electrons. The molecule has 0 radical (unpaired) electrons. The van der Waals surface area contributed by atoms with Crippen LogP contribution in [0.1, 0.15) is 25.7 Å². The van der Waals surface area contributed by atoms with E-state index in [0.29, 0.717) is 12.3 Å². The van der Waals surface area contributed by atoms with Crippen molar-refractivity contribution in [1.82, 2.24) is 16.2 Å². The largest absolute Gasteiger partial charge is 0.465 e. The van der Waals surface area contributed by atoms with Gasteiger partial charge in [0, 0.05) is 13.0 Å². The van der Waals surface area contributed by atoms with Gasteiger partial charge in [-0.1, -0.05) is 12.8 Å². The Labute approximate surface area is 104 Å². The molecule has 3 amide bonds. The van der Waals surface area contributed by atoms with Gasteiger partial charge in [-0.05, 0) is 12.3 Å². The molecule has 18 heavy (non-hydrogen) atoms. The molecule has 1 aliphatic rings. The number of primary amides is 1. The molecule has 1 saturated carbocycles. The van der Waals surface area contributed by atoms with E-state index in [-0.39, 0.29) is 13.0 Å². The van der Waals surface area contributed by atoms with E-state index in [2.05, 4.69) is 16.2 Å². The van der Waals surface area contributed by atoms with Crippen LogP contribution in [0, 0.1) is 5.92 Å². The second-order valence-corrected chi connectivity index (χ2v) is 4.31. The molecule has 1 aliphatic carbocycles. The quantitative estimate of drug-likeness (QED) is 0.279. The molecule has 8 heteroatoms. The lowest BCUT2D eigenvalue weighted by molar-refractivity contribution is -0.124. The topological polar surface area (TPSA) is 134 Å². The Hall–Kier alpha value is -1.83. The van der Waals surface area contributed by atoms with Gasteiger partial charge in [0.2, 0.25) is 5.91 Å². The standard InChI is InChI=1S/C10H18N4O4/c11-8(15)3-4-12-14-9(16)7(13-10(17)18)5-6-1-2-6/h6-7,12-13H,1-5H2,(H2,11,15)(H,14,16)(H,17,18). The third-order valence-electron chi connectivity index (χ3n) is 2.59. The second-order valence-electron chi connectivity index (χ2n) is 4.31. The van der Waals surface area contributed by atoms with E-state index >= 15 is 0 Å². The van der Waals surface area contributed by atoms with Crippen molar-refractivity contribution in [3.8, 4) is 0 Å². The highest BCUT2D eigenvalue weighted by Gasteiger charge is 2.30. The van der Waals surface area contributed by atoms with Gasteiger partial charge in [-0.15, -0.1) is 0 Å². The van der Waals surface area contributed by atoms with Crippen molar-refractivity contribution < 1.29 is 19.5 Å². The molecule has 1 atom stereocenters. The van der Waals surface area contributed by atoms with E-state index in [1.807, 2.05) is 0 Å². The first-order valence-corrected chi connectivity index (χ1v) is 5.79. The summed E-state index contributed by atoms with van der Waals surface area (Å²) < 4.78 is 0. The number of hydrazine groups is 1. The second kappa shape index (κ2) is 6.80. The first-order valence-electron chi connectivity index (χ1n) is 5.79. The zero-order valence-corrected chi connectivity index (χ0v) is 9.94. The van der Waals surface area contributed by atoms with Crippen LogP contribution in [-0.2, 0) is 9.59 Å². The van der Waals surface area contributed by atoms with E-state index < -0.39 is 23.9 Å². The van der Waals surface area contributed by atoms with Crippen LogP contribution in [0.15, 0.2) is 0 Å². The van der Waals surface area contributed by atoms with Crippen molar-refractivity contribution in [2.75, 3.05) is 6.54 Å². The predicted molar refractivity (Wildman–Crippen MR) is 62.2 cm³/mol. The Morgan fingerprint density at radius 2 is 2.00 bits per heavy atom. The van der Waals surface area contributed by atoms with Gasteiger partial charge in [-0.2, -0.15) is 0 Å². The van der Waals surface area contributed by atoms with E-state index in [4.69, 9.17) is 10.8 Å². The highest BCUT2D eigenvalue weighted by molar-refractivity contribution is 5.84. The number of hydrogen-bond acceptors (Lipinski definition) is 4. The molecule has 0 heterocycles. The summed E-state index contributed by atoms with van der Waals surface area (Å²) in [6.07, 6.45) is 1.42. The highest BCUT2D eigenvalue weighted by atomic mass is 16.4. The Morgan fingerprint density at radius 3 is 2.50 bits per heavy atom. The number of carbonyl (C=O) groups excluding carboxylic acids is 2. The van der Waals surface area contributed by atoms with Gasteiger partial charge in [0.25, 0.3) is 5.91 Å². The van der Waals surface area contributed by atoms with Gasteiger partial charge < -0.3 is 16.2 Å². The number of amides is 3. The Morgan fingerprint density at radius 1 is 1.33 bits per heavy atom. The first-order chi connectivity index (χ1) is 8.49. The van der Waals surface area contributed by atoms with Crippen LogP contribution < -0.4 is 21.9 Å². The van der Waals surface area contributed by atoms with Crippen LogP contribution in [0.2, 0.25) is 0 Å². The van der Waals surface area contributed by atoms with Crippen molar-refractivity contribution in [2.45, 2.75) is 31.7 Å². The maximum absolute atomic E-state index is 11.7. The number of nitrogens with two attached hydrogens (primary N) is 1. The smallest absolute Gasteiger partial charge is 0.405 e. The van der Waals surface area contributed by atoms with Crippen molar-refractivity contribution in [1.29, 1.82) is 0 Å². The summed E-state index contributed by atoms with van der Waals surface area (Å²) in [5.74, 6) is -0.512. The van der Waals surface area contributed by atoms with Crippen molar-refractivity contribution in [2.24, 2.45) is 11.7 Å². The van der Waals surface area contributed by atoms with E-state index in [1.165, 1.54) is 0 Å². The zero-order chi connectivity index (χ0) is 13.5. The van der Waals surface area contributed by atoms with Crippen LogP contribution in [0.4, 0.5) is 4.79 Å². The van der Waals surface area contributed by atoms with Crippen LogP contribution in [0.5, 0.6) is 0 Å². The van der Waals surface area contributed by atoms with Gasteiger partial charge in [0.15, 0.2) is 0 Å². The van der Waals surface area contributed by atoms with Crippen LogP contribution in [0.3, 0.4) is 0 Å². The molecule has 1 rings (SSSR count). The molecular weight excluding hydrogens is 240 g/mol. The van der Waals surface area contributed by atoms with Gasteiger partial charge in [0.05, 0.1) is 0 Å². The predicted octanol–water partition coefficient (Wildman–Crippen LogP) is -1.08. The average molecular weight is 258 g/mol. The Bertz CT molecular complexity index is 330. The van der Waals surface area contributed by atoms with E-state index in [1.54, 1.807) is 0 Å². The van der Waals surface area contributed by atoms with Gasteiger partial charge in [-0.25, -0.2) is 10.2 Å². The summed E-state index contributed by atoms with van der Waals surface area (Å²) >= 11 is 0. The minimum atomic E-state index is -1.23. The van der Waals surface area contributed by atoms with Crippen LogP contribution in [-0.4, -0.2) is 35.6 Å².